The molecule has 24 heavy (non-hydrogen) atoms. The van der Waals surface area contributed by atoms with Crippen molar-refractivity contribution in [2.24, 2.45) is 0 Å². The molecule has 0 fully saturated rings. The van der Waals surface area contributed by atoms with Crippen LogP contribution in [-0.4, -0.2) is 17.4 Å². The van der Waals surface area contributed by atoms with Gasteiger partial charge in [0.1, 0.15) is 5.76 Å². The van der Waals surface area contributed by atoms with Crippen molar-refractivity contribution in [2.75, 3.05) is 6.54 Å². The normalized spacial score (nSPS) is 10.8. The Morgan fingerprint density at radius 1 is 1.17 bits per heavy atom. The second-order valence-corrected chi connectivity index (χ2v) is 6.99. The van der Waals surface area contributed by atoms with Gasteiger partial charge >= 0.3 is 0 Å². The third-order valence-electron chi connectivity index (χ3n) is 4.03. The quantitative estimate of drug-likeness (QED) is 0.643. The second-order valence-electron chi connectivity index (χ2n) is 5.95. The zero-order chi connectivity index (χ0) is 16.9. The predicted molar refractivity (Wildman–Crippen MR) is 97.4 cm³/mol. The summed E-state index contributed by atoms with van der Waals surface area (Å²) >= 11 is 1.72. The Kier molecular flexibility index (Phi) is 5.16. The summed E-state index contributed by atoms with van der Waals surface area (Å²) < 4.78 is 5.45. The van der Waals surface area contributed by atoms with Gasteiger partial charge in [-0.05, 0) is 55.5 Å². The van der Waals surface area contributed by atoms with Crippen molar-refractivity contribution in [3.63, 3.8) is 0 Å². The van der Waals surface area contributed by atoms with Gasteiger partial charge in [0, 0.05) is 17.0 Å². The fourth-order valence-electron chi connectivity index (χ4n) is 2.77. The van der Waals surface area contributed by atoms with Gasteiger partial charge in [0.25, 0.3) is 5.91 Å². The molecule has 0 unspecified atom stereocenters. The number of furan rings is 1. The van der Waals surface area contributed by atoms with E-state index in [0.717, 1.165) is 23.3 Å². The number of thiophene rings is 1. The highest BCUT2D eigenvalue weighted by Crippen LogP contribution is 2.17. The van der Waals surface area contributed by atoms with Crippen LogP contribution >= 0.6 is 11.3 Å². The van der Waals surface area contributed by atoms with Gasteiger partial charge in [-0.3, -0.25) is 4.79 Å². The molecule has 1 amide bonds. The Hall–Kier alpha value is -2.33. The maximum absolute atomic E-state index is 13.1. The number of nitrogens with zero attached hydrogens (tertiary/aromatic N) is 1. The van der Waals surface area contributed by atoms with Gasteiger partial charge in [-0.1, -0.05) is 23.8 Å². The lowest BCUT2D eigenvalue weighted by atomic mass is 10.0. The van der Waals surface area contributed by atoms with Crippen LogP contribution < -0.4 is 0 Å². The Morgan fingerprint density at radius 2 is 2.04 bits per heavy atom. The first-order valence-corrected chi connectivity index (χ1v) is 8.93. The molecule has 124 valence electrons. The number of hydrogen-bond acceptors (Lipinski definition) is 3. The third kappa shape index (κ3) is 3.95. The van der Waals surface area contributed by atoms with Gasteiger partial charge in [-0.2, -0.15) is 0 Å². The minimum Gasteiger partial charge on any atom is -0.467 e. The van der Waals surface area contributed by atoms with E-state index in [1.807, 2.05) is 49.1 Å². The topological polar surface area (TPSA) is 33.5 Å². The molecule has 3 rings (SSSR count). The molecule has 0 aliphatic rings. The molecule has 0 N–H and O–H groups in total. The van der Waals surface area contributed by atoms with E-state index in [1.165, 1.54) is 10.4 Å². The average Bonchev–Trinajstić information content (AvgIpc) is 3.24. The van der Waals surface area contributed by atoms with Gasteiger partial charge < -0.3 is 9.32 Å². The highest BCUT2D eigenvalue weighted by Gasteiger charge is 2.19. The summed E-state index contributed by atoms with van der Waals surface area (Å²) in [6.07, 6.45) is 2.50. The summed E-state index contributed by atoms with van der Waals surface area (Å²) in [5.41, 5.74) is 2.94. The molecular weight excluding hydrogens is 318 g/mol. The number of carbonyl (C=O) groups is 1. The Labute approximate surface area is 146 Å². The molecular formula is C20H21NO2S. The van der Waals surface area contributed by atoms with Crippen LogP contribution in [0.5, 0.6) is 0 Å². The van der Waals surface area contributed by atoms with Crippen molar-refractivity contribution >= 4 is 17.2 Å². The first kappa shape index (κ1) is 16.5. The largest absolute Gasteiger partial charge is 0.467 e. The van der Waals surface area contributed by atoms with Crippen LogP contribution in [0.25, 0.3) is 0 Å². The van der Waals surface area contributed by atoms with Gasteiger partial charge in [0.2, 0.25) is 0 Å². The van der Waals surface area contributed by atoms with Gasteiger partial charge in [0.15, 0.2) is 0 Å². The summed E-state index contributed by atoms with van der Waals surface area (Å²) in [5.74, 6) is 0.861. The van der Waals surface area contributed by atoms with E-state index in [4.69, 9.17) is 4.42 Å². The van der Waals surface area contributed by atoms with E-state index in [-0.39, 0.29) is 5.91 Å². The lowest BCUT2D eigenvalue weighted by Gasteiger charge is -2.22. The van der Waals surface area contributed by atoms with Crippen molar-refractivity contribution in [3.05, 3.63) is 81.4 Å². The van der Waals surface area contributed by atoms with Crippen LogP contribution in [-0.2, 0) is 13.0 Å². The lowest BCUT2D eigenvalue weighted by molar-refractivity contribution is 0.0733. The van der Waals surface area contributed by atoms with Crippen LogP contribution in [0.15, 0.2) is 58.5 Å². The third-order valence-corrected chi connectivity index (χ3v) is 4.97. The second kappa shape index (κ2) is 7.49. The van der Waals surface area contributed by atoms with Crippen LogP contribution in [0, 0.1) is 13.8 Å². The Morgan fingerprint density at radius 3 is 2.71 bits per heavy atom. The maximum Gasteiger partial charge on any atom is 0.254 e. The number of hydrogen-bond donors (Lipinski definition) is 0. The molecule has 0 aliphatic carbocycles. The van der Waals surface area contributed by atoms with Crippen molar-refractivity contribution in [3.8, 4) is 0 Å². The standard InChI is InChI=1S/C20H21NO2S/c1-15-7-8-19(16(2)13-15)20(22)21(14-17-5-3-11-23-17)10-9-18-6-4-12-24-18/h3-8,11-13H,9-10,14H2,1-2H3. The smallest absolute Gasteiger partial charge is 0.254 e. The molecule has 2 heterocycles. The Balaban J connectivity index is 1.80. The molecule has 0 bridgehead atoms. The van der Waals surface area contributed by atoms with Crippen molar-refractivity contribution < 1.29 is 9.21 Å². The molecule has 2 aromatic heterocycles. The van der Waals surface area contributed by atoms with E-state index in [2.05, 4.69) is 17.5 Å². The summed E-state index contributed by atoms with van der Waals surface area (Å²) in [5, 5.41) is 2.07. The minimum atomic E-state index is 0.0560. The maximum atomic E-state index is 13.1. The van der Waals surface area contributed by atoms with Crippen molar-refractivity contribution in [1.82, 2.24) is 4.90 Å². The zero-order valence-electron chi connectivity index (χ0n) is 14.0. The Bertz CT molecular complexity index is 791. The highest BCUT2D eigenvalue weighted by molar-refractivity contribution is 7.09. The molecule has 4 heteroatoms. The molecule has 3 aromatic rings. The van der Waals surface area contributed by atoms with E-state index >= 15 is 0 Å². The SMILES string of the molecule is Cc1ccc(C(=O)N(CCc2cccs2)Cc2ccco2)c(C)c1. The van der Waals surface area contributed by atoms with E-state index in [9.17, 15) is 4.79 Å². The summed E-state index contributed by atoms with van der Waals surface area (Å²) in [4.78, 5) is 16.2. The number of aryl methyl sites for hydroxylation is 2. The van der Waals surface area contributed by atoms with Crippen molar-refractivity contribution in [1.29, 1.82) is 0 Å². The monoisotopic (exact) mass is 339 g/mol. The number of carbonyl (C=O) groups excluding carboxylic acids is 1. The summed E-state index contributed by atoms with van der Waals surface area (Å²) in [6.45, 7) is 5.20. The zero-order valence-corrected chi connectivity index (χ0v) is 14.8. The van der Waals surface area contributed by atoms with Gasteiger partial charge in [0.05, 0.1) is 12.8 Å². The van der Waals surface area contributed by atoms with Crippen LogP contribution in [0.1, 0.15) is 32.1 Å². The van der Waals surface area contributed by atoms with Gasteiger partial charge in [-0.25, -0.2) is 0 Å². The fraction of sp³-hybridized carbons (Fsp3) is 0.250. The molecule has 0 radical (unpaired) electrons. The summed E-state index contributed by atoms with van der Waals surface area (Å²) in [7, 11) is 0. The van der Waals surface area contributed by atoms with Crippen LogP contribution in [0.3, 0.4) is 0 Å². The molecule has 3 nitrogen and oxygen atoms in total. The van der Waals surface area contributed by atoms with E-state index in [0.29, 0.717) is 13.1 Å². The number of amides is 1. The molecule has 0 spiro atoms. The highest BCUT2D eigenvalue weighted by atomic mass is 32.1. The lowest BCUT2D eigenvalue weighted by Crippen LogP contribution is -2.32. The number of rotatable bonds is 6. The molecule has 1 aromatic carbocycles. The first-order valence-electron chi connectivity index (χ1n) is 8.05. The van der Waals surface area contributed by atoms with Crippen LogP contribution in [0.4, 0.5) is 0 Å². The fourth-order valence-corrected chi connectivity index (χ4v) is 3.47. The molecule has 0 saturated heterocycles. The predicted octanol–water partition coefficient (Wildman–Crippen LogP) is 4.84. The minimum absolute atomic E-state index is 0.0560. The van der Waals surface area contributed by atoms with E-state index < -0.39 is 0 Å². The van der Waals surface area contributed by atoms with Crippen LogP contribution in [0.2, 0.25) is 0 Å². The molecule has 0 aliphatic heterocycles. The molecule has 0 saturated carbocycles. The van der Waals surface area contributed by atoms with Crippen molar-refractivity contribution in [2.45, 2.75) is 26.8 Å². The molecule has 0 atom stereocenters. The van der Waals surface area contributed by atoms with Gasteiger partial charge in [-0.15, -0.1) is 11.3 Å². The average molecular weight is 339 g/mol. The number of benzene rings is 1. The summed E-state index contributed by atoms with van der Waals surface area (Å²) in [6, 6.07) is 13.9. The first-order chi connectivity index (χ1) is 11.6. The van der Waals surface area contributed by atoms with E-state index in [1.54, 1.807) is 17.6 Å².